The summed E-state index contributed by atoms with van der Waals surface area (Å²) in [6.07, 6.45) is 5.78. The number of nitrogens with two attached hydrogens (primary N) is 1. The fourth-order valence-electron chi connectivity index (χ4n) is 4.58. The molecule has 0 saturated heterocycles. The molecule has 9 nitrogen and oxygen atoms in total. The second kappa shape index (κ2) is 10.4. The lowest BCUT2D eigenvalue weighted by Gasteiger charge is -2.17. The quantitative estimate of drug-likeness (QED) is 0.268. The predicted molar refractivity (Wildman–Crippen MR) is 147 cm³/mol. The van der Waals surface area contributed by atoms with Crippen LogP contribution in [0.15, 0.2) is 67.0 Å². The number of carbonyl (C=O) groups is 3. The number of primary amides is 1. The van der Waals surface area contributed by atoms with Crippen molar-refractivity contribution in [2.75, 3.05) is 10.6 Å². The van der Waals surface area contributed by atoms with Crippen LogP contribution in [-0.4, -0.2) is 33.4 Å². The summed E-state index contributed by atoms with van der Waals surface area (Å²) >= 11 is 0. The molecule has 2 aromatic carbocycles. The van der Waals surface area contributed by atoms with Gasteiger partial charge in [-0.05, 0) is 67.1 Å². The Labute approximate surface area is 220 Å². The molecule has 1 atom stereocenters. The van der Waals surface area contributed by atoms with Gasteiger partial charge in [0, 0.05) is 42.5 Å². The second-order valence-electron chi connectivity index (χ2n) is 9.77. The van der Waals surface area contributed by atoms with Crippen LogP contribution in [0.5, 0.6) is 0 Å². The van der Waals surface area contributed by atoms with E-state index in [0.29, 0.717) is 35.0 Å². The van der Waals surface area contributed by atoms with Gasteiger partial charge in [-0.1, -0.05) is 24.3 Å². The number of amides is 3. The van der Waals surface area contributed by atoms with Gasteiger partial charge in [0.25, 0.3) is 11.8 Å². The van der Waals surface area contributed by atoms with Crippen molar-refractivity contribution >= 4 is 34.6 Å². The van der Waals surface area contributed by atoms with Crippen LogP contribution in [0.3, 0.4) is 0 Å². The number of aromatic nitrogens is 2. The summed E-state index contributed by atoms with van der Waals surface area (Å²) in [5, 5.41) is 13.5. The van der Waals surface area contributed by atoms with E-state index < -0.39 is 5.91 Å². The number of hydrogen-bond acceptors (Lipinski definition) is 5. The molecule has 194 valence electrons. The smallest absolute Gasteiger partial charge is 0.252 e. The third-order valence-electron chi connectivity index (χ3n) is 6.76. The third kappa shape index (κ3) is 5.51. The Morgan fingerprint density at radius 3 is 2.61 bits per heavy atom. The Morgan fingerprint density at radius 1 is 1.08 bits per heavy atom. The average molecular weight is 511 g/mol. The molecule has 0 aliphatic heterocycles. The van der Waals surface area contributed by atoms with E-state index in [4.69, 9.17) is 5.73 Å². The van der Waals surface area contributed by atoms with Crippen LogP contribution in [-0.2, 0) is 11.3 Å². The molecule has 1 saturated carbocycles. The van der Waals surface area contributed by atoms with E-state index in [2.05, 4.69) is 28.0 Å². The van der Waals surface area contributed by atoms with Crippen molar-refractivity contribution in [2.24, 2.45) is 11.7 Å². The molecule has 38 heavy (non-hydrogen) atoms. The summed E-state index contributed by atoms with van der Waals surface area (Å²) in [5.41, 5.74) is 11.3. The zero-order chi connectivity index (χ0) is 26.8. The number of hydrogen-bond donors (Lipinski definition) is 4. The van der Waals surface area contributed by atoms with E-state index in [1.165, 1.54) is 26.0 Å². The van der Waals surface area contributed by atoms with Crippen molar-refractivity contribution in [1.29, 1.82) is 0 Å². The van der Waals surface area contributed by atoms with Gasteiger partial charge in [-0.3, -0.25) is 14.4 Å². The molecular weight excluding hydrogens is 480 g/mol. The molecule has 5 N–H and O–H groups in total. The Kier molecular flexibility index (Phi) is 6.83. The molecule has 4 aromatic rings. The van der Waals surface area contributed by atoms with Crippen LogP contribution in [0, 0.1) is 5.92 Å². The molecule has 0 bridgehead atoms. The standard InChI is InChI=1S/C29H30N6O3/c1-17(20-9-10-20)33-27-25(28(30)37)15-32-35-16-23(13-26(27)35)21-6-3-5-19(11-21)14-31-29(38)22-7-4-8-24(12-22)34-18(2)36/h3-8,11-13,15-17,20,33H,9-10,14H2,1-2H3,(H2,30,37)(H,31,38)(H,34,36)/t17-/m1/s1. The maximum absolute atomic E-state index is 12.7. The second-order valence-corrected chi connectivity index (χ2v) is 9.77. The fraction of sp³-hybridized carbons (Fsp3) is 0.241. The highest BCUT2D eigenvalue weighted by Crippen LogP contribution is 2.36. The lowest BCUT2D eigenvalue weighted by atomic mass is 10.0. The fourth-order valence-corrected chi connectivity index (χ4v) is 4.58. The molecule has 2 heterocycles. The first-order chi connectivity index (χ1) is 18.3. The topological polar surface area (TPSA) is 131 Å². The molecule has 1 fully saturated rings. The van der Waals surface area contributed by atoms with E-state index in [0.717, 1.165) is 22.2 Å². The van der Waals surface area contributed by atoms with Gasteiger partial charge in [0.1, 0.15) is 0 Å². The highest BCUT2D eigenvalue weighted by molar-refractivity contribution is 6.02. The molecule has 2 aromatic heterocycles. The highest BCUT2D eigenvalue weighted by Gasteiger charge is 2.29. The molecule has 9 heteroatoms. The molecule has 0 spiro atoms. The average Bonchev–Trinajstić information content (AvgIpc) is 3.65. The van der Waals surface area contributed by atoms with Crippen molar-refractivity contribution < 1.29 is 14.4 Å². The van der Waals surface area contributed by atoms with Gasteiger partial charge in [-0.15, -0.1) is 0 Å². The molecule has 1 aliphatic rings. The Morgan fingerprint density at radius 2 is 1.87 bits per heavy atom. The van der Waals surface area contributed by atoms with Gasteiger partial charge in [0.15, 0.2) is 0 Å². The van der Waals surface area contributed by atoms with Crippen LogP contribution in [0.2, 0.25) is 0 Å². The van der Waals surface area contributed by atoms with E-state index in [1.807, 2.05) is 36.5 Å². The molecular formula is C29H30N6O3. The molecule has 1 aliphatic carbocycles. The van der Waals surface area contributed by atoms with Crippen LogP contribution in [0.4, 0.5) is 11.4 Å². The molecule has 3 amide bonds. The van der Waals surface area contributed by atoms with E-state index in [1.54, 1.807) is 28.8 Å². The monoisotopic (exact) mass is 510 g/mol. The van der Waals surface area contributed by atoms with Crippen molar-refractivity contribution in [2.45, 2.75) is 39.3 Å². The van der Waals surface area contributed by atoms with Gasteiger partial charge in [-0.25, -0.2) is 4.52 Å². The van der Waals surface area contributed by atoms with Crippen molar-refractivity contribution in [3.8, 4) is 11.1 Å². The van der Waals surface area contributed by atoms with Crippen molar-refractivity contribution in [3.05, 3.63) is 83.7 Å². The van der Waals surface area contributed by atoms with Gasteiger partial charge >= 0.3 is 0 Å². The van der Waals surface area contributed by atoms with Crippen LogP contribution < -0.4 is 21.7 Å². The Balaban J connectivity index is 1.36. The first-order valence-electron chi connectivity index (χ1n) is 12.6. The number of nitrogens with zero attached hydrogens (tertiary/aromatic N) is 2. The molecule has 0 radical (unpaired) electrons. The minimum atomic E-state index is -0.520. The maximum Gasteiger partial charge on any atom is 0.252 e. The lowest BCUT2D eigenvalue weighted by molar-refractivity contribution is -0.114. The molecule has 5 rings (SSSR count). The lowest BCUT2D eigenvalue weighted by Crippen LogP contribution is -2.23. The minimum Gasteiger partial charge on any atom is -0.380 e. The summed E-state index contributed by atoms with van der Waals surface area (Å²) in [5.74, 6) is -0.355. The summed E-state index contributed by atoms with van der Waals surface area (Å²) in [6.45, 7) is 3.88. The van der Waals surface area contributed by atoms with Crippen LogP contribution >= 0.6 is 0 Å². The van der Waals surface area contributed by atoms with Crippen LogP contribution in [0.25, 0.3) is 16.6 Å². The van der Waals surface area contributed by atoms with E-state index in [9.17, 15) is 14.4 Å². The van der Waals surface area contributed by atoms with Gasteiger partial charge in [0.05, 0.1) is 23.0 Å². The number of fused-ring (bicyclic) bond motifs is 1. The number of carbonyl (C=O) groups excluding carboxylic acids is 3. The minimum absolute atomic E-state index is 0.195. The summed E-state index contributed by atoms with van der Waals surface area (Å²) < 4.78 is 1.75. The normalized spacial score (nSPS) is 13.6. The number of anilines is 2. The highest BCUT2D eigenvalue weighted by atomic mass is 16.2. The largest absolute Gasteiger partial charge is 0.380 e. The number of nitrogens with one attached hydrogen (secondary N) is 3. The third-order valence-corrected chi connectivity index (χ3v) is 6.76. The SMILES string of the molecule is CC(=O)Nc1cccc(C(=O)NCc2cccc(-c3cc4c(N[C@H](C)C5CC5)c(C(N)=O)cnn4c3)c2)c1. The number of benzene rings is 2. The molecule has 0 unspecified atom stereocenters. The first kappa shape index (κ1) is 25.0. The van der Waals surface area contributed by atoms with Crippen LogP contribution in [0.1, 0.15) is 53.0 Å². The maximum atomic E-state index is 12.7. The zero-order valence-electron chi connectivity index (χ0n) is 21.3. The van der Waals surface area contributed by atoms with Gasteiger partial charge in [-0.2, -0.15) is 5.10 Å². The van der Waals surface area contributed by atoms with E-state index >= 15 is 0 Å². The van der Waals surface area contributed by atoms with Crippen molar-refractivity contribution in [1.82, 2.24) is 14.9 Å². The predicted octanol–water partition coefficient (Wildman–Crippen LogP) is 4.20. The van der Waals surface area contributed by atoms with E-state index in [-0.39, 0.29) is 17.9 Å². The summed E-state index contributed by atoms with van der Waals surface area (Å²) in [6, 6.07) is 16.9. The Bertz CT molecular complexity index is 1540. The Hall–Kier alpha value is -4.66. The zero-order valence-corrected chi connectivity index (χ0v) is 21.3. The number of rotatable bonds is 9. The summed E-state index contributed by atoms with van der Waals surface area (Å²) in [4.78, 5) is 36.2. The van der Waals surface area contributed by atoms with Gasteiger partial charge < -0.3 is 21.7 Å². The van der Waals surface area contributed by atoms with Gasteiger partial charge in [0.2, 0.25) is 5.91 Å². The summed E-state index contributed by atoms with van der Waals surface area (Å²) in [7, 11) is 0. The van der Waals surface area contributed by atoms with Crippen molar-refractivity contribution in [3.63, 3.8) is 0 Å². The first-order valence-corrected chi connectivity index (χ1v) is 12.6.